The molecule has 7 heteroatoms. The van der Waals surface area contributed by atoms with Gasteiger partial charge in [-0.05, 0) is 49.0 Å². The Morgan fingerprint density at radius 2 is 1.75 bits per heavy atom. The largest absolute Gasteiger partial charge is 0.550 e. The summed E-state index contributed by atoms with van der Waals surface area (Å²) in [6.45, 7) is 6.66. The molecule has 1 fully saturated rings. The third-order valence-corrected chi connectivity index (χ3v) is 7.55. The summed E-state index contributed by atoms with van der Waals surface area (Å²) in [6.07, 6.45) is 5.20. The molecule has 3 rings (SSSR count). The molecule has 0 bridgehead atoms. The van der Waals surface area contributed by atoms with Gasteiger partial charge in [0.1, 0.15) is 5.00 Å². The molecule has 6 nitrogen and oxygen atoms in total. The zero-order valence-corrected chi connectivity index (χ0v) is 17.6. The second-order valence-corrected chi connectivity index (χ2v) is 10.3. The second kappa shape index (κ2) is 7.85. The minimum atomic E-state index is -1.17. The molecule has 2 amide bonds. The monoisotopic (exact) mass is 405 g/mol. The van der Waals surface area contributed by atoms with Crippen LogP contribution in [0.2, 0.25) is 0 Å². The molecule has 154 valence electrons. The highest BCUT2D eigenvalue weighted by Crippen LogP contribution is 2.44. The number of primary amides is 1. The van der Waals surface area contributed by atoms with Gasteiger partial charge in [-0.25, -0.2) is 0 Å². The Morgan fingerprint density at radius 1 is 1.11 bits per heavy atom. The minimum Gasteiger partial charge on any atom is -0.550 e. The van der Waals surface area contributed by atoms with Crippen LogP contribution in [0.1, 0.15) is 73.7 Å². The normalized spacial score (nSPS) is 25.0. The van der Waals surface area contributed by atoms with Crippen LogP contribution in [0.25, 0.3) is 0 Å². The first-order valence-corrected chi connectivity index (χ1v) is 10.9. The molecule has 1 saturated carbocycles. The van der Waals surface area contributed by atoms with Gasteiger partial charge in [0.05, 0.1) is 5.56 Å². The van der Waals surface area contributed by atoms with Gasteiger partial charge >= 0.3 is 0 Å². The van der Waals surface area contributed by atoms with Crippen LogP contribution in [0.3, 0.4) is 0 Å². The number of rotatable bonds is 4. The number of carboxylic acid groups (broad SMARTS) is 1. The van der Waals surface area contributed by atoms with E-state index in [2.05, 4.69) is 26.1 Å². The molecule has 28 heavy (non-hydrogen) atoms. The van der Waals surface area contributed by atoms with Crippen LogP contribution in [-0.2, 0) is 22.4 Å². The molecule has 0 radical (unpaired) electrons. The molecule has 3 N–H and O–H groups in total. The van der Waals surface area contributed by atoms with E-state index in [1.807, 2.05) is 0 Å². The van der Waals surface area contributed by atoms with Crippen molar-refractivity contribution in [3.63, 3.8) is 0 Å². The van der Waals surface area contributed by atoms with Crippen molar-refractivity contribution in [2.24, 2.45) is 28.9 Å². The molecule has 1 aromatic heterocycles. The first-order chi connectivity index (χ1) is 13.1. The summed E-state index contributed by atoms with van der Waals surface area (Å²) < 4.78 is 0. The van der Waals surface area contributed by atoms with Crippen molar-refractivity contribution in [1.82, 2.24) is 0 Å². The third kappa shape index (κ3) is 4.09. The summed E-state index contributed by atoms with van der Waals surface area (Å²) in [5.41, 5.74) is 7.17. The maximum Gasteiger partial charge on any atom is 0.251 e. The van der Waals surface area contributed by atoms with Crippen LogP contribution in [0.5, 0.6) is 0 Å². The average molecular weight is 406 g/mol. The molecular weight excluding hydrogens is 376 g/mol. The van der Waals surface area contributed by atoms with Gasteiger partial charge in [-0.2, -0.15) is 0 Å². The molecule has 1 aromatic rings. The number of nitrogens with two attached hydrogens (primary N) is 1. The predicted molar refractivity (Wildman–Crippen MR) is 107 cm³/mol. The minimum absolute atomic E-state index is 0.168. The Hall–Kier alpha value is -1.89. The third-order valence-electron chi connectivity index (χ3n) is 6.38. The standard InChI is InChI=1S/C21H30N2O4S/c1-21(2,3)11-8-9-14-15(10-11)28-19(16(14)17(22)24)23-18(25)12-6-4-5-7-13(12)20(26)27/h11-13H,4-10H2,1-3H3,(H2,22,24)(H,23,25)(H,26,27)/p-1/t11-,12+,13-/m0/s1. The number of thiophene rings is 1. The van der Waals surface area contributed by atoms with E-state index in [1.54, 1.807) is 0 Å². The van der Waals surface area contributed by atoms with Crippen molar-refractivity contribution in [3.05, 3.63) is 16.0 Å². The summed E-state index contributed by atoms with van der Waals surface area (Å²) in [5.74, 6) is -2.95. The van der Waals surface area contributed by atoms with Crippen molar-refractivity contribution in [2.75, 3.05) is 5.32 Å². The van der Waals surface area contributed by atoms with E-state index >= 15 is 0 Å². The number of nitrogens with one attached hydrogen (secondary N) is 1. The van der Waals surface area contributed by atoms with E-state index in [0.29, 0.717) is 29.3 Å². The quantitative estimate of drug-likeness (QED) is 0.801. The fourth-order valence-electron chi connectivity index (χ4n) is 4.61. The SMILES string of the molecule is CC(C)(C)[C@H]1CCc2c(sc(NC(=O)[C@@H]3CCCC[C@@H]3C(=O)[O-])c2C(N)=O)C1. The Bertz CT molecular complexity index is 793. The lowest BCUT2D eigenvalue weighted by atomic mass is 9.72. The fraction of sp³-hybridized carbons (Fsp3) is 0.667. The molecule has 0 saturated heterocycles. The van der Waals surface area contributed by atoms with Gasteiger partial charge in [-0.3, -0.25) is 9.59 Å². The molecule has 2 aliphatic carbocycles. The van der Waals surface area contributed by atoms with E-state index in [1.165, 1.54) is 11.3 Å². The molecule has 0 aromatic carbocycles. The summed E-state index contributed by atoms with van der Waals surface area (Å²) in [7, 11) is 0. The molecule has 0 unspecified atom stereocenters. The number of fused-ring (bicyclic) bond motifs is 1. The molecular formula is C21H29N2O4S-. The summed E-state index contributed by atoms with van der Waals surface area (Å²) in [6, 6.07) is 0. The molecule has 2 aliphatic rings. The van der Waals surface area contributed by atoms with Crippen molar-refractivity contribution in [2.45, 2.75) is 65.7 Å². The topological polar surface area (TPSA) is 112 Å². The number of amides is 2. The van der Waals surface area contributed by atoms with Crippen LogP contribution >= 0.6 is 11.3 Å². The van der Waals surface area contributed by atoms with Crippen molar-refractivity contribution < 1.29 is 19.5 Å². The lowest BCUT2D eigenvalue weighted by Gasteiger charge is -2.33. The Labute approximate surface area is 169 Å². The summed E-state index contributed by atoms with van der Waals surface area (Å²) >= 11 is 1.42. The van der Waals surface area contributed by atoms with Crippen LogP contribution < -0.4 is 16.2 Å². The Kier molecular flexibility index (Phi) is 5.84. The smallest absolute Gasteiger partial charge is 0.251 e. The lowest BCUT2D eigenvalue weighted by Crippen LogP contribution is -2.42. The predicted octanol–water partition coefficient (Wildman–Crippen LogP) is 2.49. The van der Waals surface area contributed by atoms with E-state index in [9.17, 15) is 19.5 Å². The van der Waals surface area contributed by atoms with Crippen LogP contribution in [0.4, 0.5) is 5.00 Å². The van der Waals surface area contributed by atoms with Crippen molar-refractivity contribution >= 4 is 34.1 Å². The van der Waals surface area contributed by atoms with E-state index in [-0.39, 0.29) is 11.3 Å². The maximum atomic E-state index is 12.8. The number of hydrogen-bond donors (Lipinski definition) is 2. The molecule has 1 heterocycles. The van der Waals surface area contributed by atoms with Crippen molar-refractivity contribution in [1.29, 1.82) is 0 Å². The van der Waals surface area contributed by atoms with Crippen LogP contribution in [0, 0.1) is 23.2 Å². The summed E-state index contributed by atoms with van der Waals surface area (Å²) in [5, 5.41) is 14.7. The van der Waals surface area contributed by atoms with Gasteiger partial charge in [-0.1, -0.05) is 33.6 Å². The maximum absolute atomic E-state index is 12.8. The van der Waals surface area contributed by atoms with Gasteiger partial charge in [0.2, 0.25) is 5.91 Å². The van der Waals surface area contributed by atoms with Crippen LogP contribution in [-0.4, -0.2) is 17.8 Å². The number of anilines is 1. The number of carboxylic acids is 1. The number of aliphatic carboxylic acids is 1. The van der Waals surface area contributed by atoms with E-state index in [0.717, 1.165) is 42.5 Å². The highest BCUT2D eigenvalue weighted by molar-refractivity contribution is 7.17. The van der Waals surface area contributed by atoms with Gasteiger partial charge in [0.25, 0.3) is 5.91 Å². The highest BCUT2D eigenvalue weighted by atomic mass is 32.1. The number of hydrogen-bond acceptors (Lipinski definition) is 5. The first kappa shape index (κ1) is 20.8. The molecule has 0 aliphatic heterocycles. The zero-order valence-electron chi connectivity index (χ0n) is 16.8. The average Bonchev–Trinajstić information content (AvgIpc) is 2.97. The lowest BCUT2D eigenvalue weighted by molar-refractivity contribution is -0.313. The fourth-order valence-corrected chi connectivity index (χ4v) is 5.94. The zero-order chi connectivity index (χ0) is 20.6. The van der Waals surface area contributed by atoms with Gasteiger partial charge in [0, 0.05) is 22.7 Å². The highest BCUT2D eigenvalue weighted by Gasteiger charge is 2.36. The number of carbonyl (C=O) groups excluding carboxylic acids is 3. The molecule has 3 atom stereocenters. The van der Waals surface area contributed by atoms with Crippen LogP contribution in [0.15, 0.2) is 0 Å². The molecule has 0 spiro atoms. The van der Waals surface area contributed by atoms with E-state index in [4.69, 9.17) is 5.73 Å². The van der Waals surface area contributed by atoms with Gasteiger partial charge in [0.15, 0.2) is 0 Å². The summed E-state index contributed by atoms with van der Waals surface area (Å²) in [4.78, 5) is 37.5. The van der Waals surface area contributed by atoms with Crippen molar-refractivity contribution in [3.8, 4) is 0 Å². The Balaban J connectivity index is 1.86. The van der Waals surface area contributed by atoms with Gasteiger partial charge < -0.3 is 21.0 Å². The Morgan fingerprint density at radius 3 is 2.32 bits per heavy atom. The number of carbonyl (C=O) groups is 3. The van der Waals surface area contributed by atoms with E-state index < -0.39 is 23.7 Å². The first-order valence-electron chi connectivity index (χ1n) is 10.1. The van der Waals surface area contributed by atoms with Gasteiger partial charge in [-0.15, -0.1) is 11.3 Å². The second-order valence-electron chi connectivity index (χ2n) is 9.18.